The molecule has 1 aromatic carbocycles. The van der Waals surface area contributed by atoms with Gasteiger partial charge >= 0.3 is 0 Å². The Morgan fingerprint density at radius 2 is 2.00 bits per heavy atom. The number of anilines is 1. The topological polar surface area (TPSA) is 68.0 Å². The molecule has 1 amide bonds. The van der Waals surface area contributed by atoms with Crippen LogP contribution in [0.3, 0.4) is 0 Å². The predicted molar refractivity (Wildman–Crippen MR) is 75.6 cm³/mol. The van der Waals surface area contributed by atoms with Gasteiger partial charge in [-0.3, -0.25) is 4.79 Å². The molecule has 0 atom stereocenters. The van der Waals surface area contributed by atoms with Crippen LogP contribution >= 0.6 is 0 Å². The SMILES string of the molecule is Cc1cc(C(=O)Nc2ccc(F)cc2F)c2c(C)noc2n1. The number of benzene rings is 1. The summed E-state index contributed by atoms with van der Waals surface area (Å²) in [7, 11) is 0. The molecule has 2 aromatic heterocycles. The predicted octanol–water partition coefficient (Wildman–Crippen LogP) is 3.37. The molecular formula is C15H11F2N3O2. The normalized spacial score (nSPS) is 10.9. The first kappa shape index (κ1) is 14.1. The number of fused-ring (bicyclic) bond motifs is 1. The average molecular weight is 303 g/mol. The number of aromatic nitrogens is 2. The molecule has 0 fully saturated rings. The highest BCUT2D eigenvalue weighted by atomic mass is 19.1. The van der Waals surface area contributed by atoms with Gasteiger partial charge in [-0.2, -0.15) is 0 Å². The Morgan fingerprint density at radius 1 is 1.23 bits per heavy atom. The molecule has 0 aliphatic rings. The van der Waals surface area contributed by atoms with Crippen molar-refractivity contribution >= 4 is 22.7 Å². The van der Waals surface area contributed by atoms with E-state index in [2.05, 4.69) is 15.5 Å². The van der Waals surface area contributed by atoms with E-state index in [1.807, 2.05) is 0 Å². The molecule has 3 aromatic rings. The number of carbonyl (C=O) groups is 1. The van der Waals surface area contributed by atoms with E-state index in [1.165, 1.54) is 0 Å². The van der Waals surface area contributed by atoms with Crippen molar-refractivity contribution in [3.63, 3.8) is 0 Å². The molecule has 1 N–H and O–H groups in total. The van der Waals surface area contributed by atoms with Gasteiger partial charge in [0.05, 0.1) is 22.3 Å². The Morgan fingerprint density at radius 3 is 2.73 bits per heavy atom. The Bertz CT molecular complexity index is 890. The molecule has 0 bridgehead atoms. The Balaban J connectivity index is 2.03. The molecule has 2 heterocycles. The minimum absolute atomic E-state index is 0.108. The van der Waals surface area contributed by atoms with Crippen LogP contribution in [-0.4, -0.2) is 16.0 Å². The number of hydrogen-bond acceptors (Lipinski definition) is 4. The van der Waals surface area contributed by atoms with E-state index >= 15 is 0 Å². The van der Waals surface area contributed by atoms with Crippen molar-refractivity contribution in [2.45, 2.75) is 13.8 Å². The molecule has 0 radical (unpaired) electrons. The van der Waals surface area contributed by atoms with E-state index in [4.69, 9.17) is 4.52 Å². The van der Waals surface area contributed by atoms with Gasteiger partial charge < -0.3 is 9.84 Å². The molecule has 0 unspecified atom stereocenters. The van der Waals surface area contributed by atoms with Crippen LogP contribution in [0.15, 0.2) is 28.8 Å². The monoisotopic (exact) mass is 303 g/mol. The second-order valence-electron chi connectivity index (χ2n) is 4.84. The Hall–Kier alpha value is -2.83. The van der Waals surface area contributed by atoms with Crippen molar-refractivity contribution in [1.29, 1.82) is 0 Å². The second kappa shape index (κ2) is 5.18. The summed E-state index contributed by atoms with van der Waals surface area (Å²) in [5, 5.41) is 6.65. The number of aryl methyl sites for hydroxylation is 2. The maximum absolute atomic E-state index is 13.6. The quantitative estimate of drug-likeness (QED) is 0.788. The molecule has 3 rings (SSSR count). The smallest absolute Gasteiger partial charge is 0.258 e. The van der Waals surface area contributed by atoms with E-state index < -0.39 is 17.5 Å². The summed E-state index contributed by atoms with van der Waals surface area (Å²) in [5.41, 5.74) is 1.47. The minimum atomic E-state index is -0.850. The van der Waals surface area contributed by atoms with Gasteiger partial charge in [0.1, 0.15) is 11.6 Å². The lowest BCUT2D eigenvalue weighted by molar-refractivity contribution is 0.102. The number of carbonyl (C=O) groups excluding carboxylic acids is 1. The van der Waals surface area contributed by atoms with Crippen LogP contribution in [0.1, 0.15) is 21.7 Å². The van der Waals surface area contributed by atoms with Gasteiger partial charge in [0.2, 0.25) is 0 Å². The lowest BCUT2D eigenvalue weighted by atomic mass is 10.1. The molecule has 0 aliphatic heterocycles. The highest BCUT2D eigenvalue weighted by Crippen LogP contribution is 2.23. The maximum atomic E-state index is 13.6. The van der Waals surface area contributed by atoms with Gasteiger partial charge in [0.25, 0.3) is 11.6 Å². The number of rotatable bonds is 2. The van der Waals surface area contributed by atoms with Crippen LogP contribution < -0.4 is 5.32 Å². The highest BCUT2D eigenvalue weighted by molar-refractivity contribution is 6.12. The fourth-order valence-electron chi connectivity index (χ4n) is 2.18. The molecule has 0 saturated carbocycles. The molecule has 0 saturated heterocycles. The van der Waals surface area contributed by atoms with Crippen LogP contribution in [0.5, 0.6) is 0 Å². The van der Waals surface area contributed by atoms with Gasteiger partial charge in [-0.1, -0.05) is 5.16 Å². The zero-order chi connectivity index (χ0) is 15.9. The lowest BCUT2D eigenvalue weighted by Crippen LogP contribution is -2.14. The summed E-state index contributed by atoms with van der Waals surface area (Å²) >= 11 is 0. The third-order valence-corrected chi connectivity index (χ3v) is 3.17. The Kier molecular flexibility index (Phi) is 3.32. The van der Waals surface area contributed by atoms with E-state index in [9.17, 15) is 13.6 Å². The number of halogens is 2. The van der Waals surface area contributed by atoms with Crippen molar-refractivity contribution in [3.05, 3.63) is 52.9 Å². The van der Waals surface area contributed by atoms with Crippen molar-refractivity contribution in [3.8, 4) is 0 Å². The first-order valence-electron chi connectivity index (χ1n) is 6.45. The fourth-order valence-corrected chi connectivity index (χ4v) is 2.18. The van der Waals surface area contributed by atoms with Crippen molar-refractivity contribution in [1.82, 2.24) is 10.1 Å². The first-order valence-corrected chi connectivity index (χ1v) is 6.45. The highest BCUT2D eigenvalue weighted by Gasteiger charge is 2.18. The summed E-state index contributed by atoms with van der Waals surface area (Å²) in [4.78, 5) is 16.5. The standard InChI is InChI=1S/C15H11F2N3O2/c1-7-5-10(13-8(2)20-22-15(13)18-7)14(21)19-12-4-3-9(16)6-11(12)17/h3-6H,1-2H3,(H,19,21). The summed E-state index contributed by atoms with van der Waals surface area (Å²) in [6.45, 7) is 3.38. The van der Waals surface area contributed by atoms with Gasteiger partial charge in [-0.25, -0.2) is 13.8 Å². The Labute approximate surface area is 123 Å². The van der Waals surface area contributed by atoms with Gasteiger partial charge in [0.15, 0.2) is 0 Å². The molecule has 7 heteroatoms. The molecule has 0 spiro atoms. The third-order valence-electron chi connectivity index (χ3n) is 3.17. The zero-order valence-corrected chi connectivity index (χ0v) is 11.8. The summed E-state index contributed by atoms with van der Waals surface area (Å²) in [5.74, 6) is -2.11. The lowest BCUT2D eigenvalue weighted by Gasteiger charge is -2.08. The van der Waals surface area contributed by atoms with Gasteiger partial charge in [0, 0.05) is 11.8 Å². The van der Waals surface area contributed by atoms with Crippen molar-refractivity contribution in [2.75, 3.05) is 5.32 Å². The number of hydrogen-bond donors (Lipinski definition) is 1. The van der Waals surface area contributed by atoms with Crippen LogP contribution in [0, 0.1) is 25.5 Å². The van der Waals surface area contributed by atoms with E-state index in [0.717, 1.165) is 12.1 Å². The molecule has 0 aliphatic carbocycles. The molecular weight excluding hydrogens is 292 g/mol. The van der Waals surface area contributed by atoms with E-state index in [-0.39, 0.29) is 17.0 Å². The van der Waals surface area contributed by atoms with Crippen LogP contribution in [0.4, 0.5) is 14.5 Å². The van der Waals surface area contributed by atoms with Crippen LogP contribution in [-0.2, 0) is 0 Å². The fraction of sp³-hybridized carbons (Fsp3) is 0.133. The third kappa shape index (κ3) is 2.41. The number of nitrogens with zero attached hydrogens (tertiary/aromatic N) is 2. The largest absolute Gasteiger partial charge is 0.336 e. The summed E-state index contributed by atoms with van der Waals surface area (Å²) in [6.07, 6.45) is 0. The van der Waals surface area contributed by atoms with E-state index in [0.29, 0.717) is 22.8 Å². The number of pyridine rings is 1. The number of nitrogens with one attached hydrogen (secondary N) is 1. The van der Waals surface area contributed by atoms with Crippen molar-refractivity contribution in [2.24, 2.45) is 0 Å². The second-order valence-corrected chi connectivity index (χ2v) is 4.84. The maximum Gasteiger partial charge on any atom is 0.258 e. The van der Waals surface area contributed by atoms with E-state index in [1.54, 1.807) is 19.9 Å². The van der Waals surface area contributed by atoms with Gasteiger partial charge in [-0.05, 0) is 32.0 Å². The minimum Gasteiger partial charge on any atom is -0.336 e. The van der Waals surface area contributed by atoms with Crippen LogP contribution in [0.2, 0.25) is 0 Å². The molecule has 5 nitrogen and oxygen atoms in total. The zero-order valence-electron chi connectivity index (χ0n) is 11.8. The average Bonchev–Trinajstić information content (AvgIpc) is 2.82. The first-order chi connectivity index (χ1) is 10.5. The van der Waals surface area contributed by atoms with Crippen molar-refractivity contribution < 1.29 is 18.1 Å². The summed E-state index contributed by atoms with van der Waals surface area (Å²) in [6, 6.07) is 4.49. The van der Waals surface area contributed by atoms with Gasteiger partial charge in [-0.15, -0.1) is 0 Å². The number of amides is 1. The molecule has 22 heavy (non-hydrogen) atoms. The molecule has 112 valence electrons. The summed E-state index contributed by atoms with van der Waals surface area (Å²) < 4.78 is 31.6. The van der Waals surface area contributed by atoms with Crippen LogP contribution in [0.25, 0.3) is 11.1 Å².